The number of hydrogen-bond donors (Lipinski definition) is 0. The van der Waals surface area contributed by atoms with Crippen LogP contribution in [0.2, 0.25) is 0 Å². The van der Waals surface area contributed by atoms with Crippen LogP contribution in [0.4, 0.5) is 14.5 Å². The van der Waals surface area contributed by atoms with Crippen molar-refractivity contribution in [3.05, 3.63) is 89.2 Å². The molecule has 5 rings (SSSR count). The van der Waals surface area contributed by atoms with Gasteiger partial charge in [0, 0.05) is 18.4 Å². The summed E-state index contributed by atoms with van der Waals surface area (Å²) in [5.41, 5.74) is 1.68. The molecule has 8 nitrogen and oxygen atoms in total. The van der Waals surface area contributed by atoms with Crippen molar-refractivity contribution in [2.45, 2.75) is 42.7 Å². The van der Waals surface area contributed by atoms with Crippen molar-refractivity contribution < 1.29 is 22.0 Å². The van der Waals surface area contributed by atoms with Gasteiger partial charge in [0.25, 0.3) is 0 Å². The molecular weight excluding hydrogens is 536 g/mol. The lowest BCUT2D eigenvalue weighted by molar-refractivity contribution is -0.125. The number of para-hydroxylation sites is 1. The molecule has 11 heteroatoms. The lowest BCUT2D eigenvalue weighted by Gasteiger charge is -2.41. The molecule has 0 saturated carbocycles. The van der Waals surface area contributed by atoms with Gasteiger partial charge in [0.1, 0.15) is 12.1 Å². The summed E-state index contributed by atoms with van der Waals surface area (Å²) in [6.07, 6.45) is 4.24. The second kappa shape index (κ2) is 11.4. The van der Waals surface area contributed by atoms with Crippen LogP contribution in [-0.4, -0.2) is 61.2 Å². The highest BCUT2D eigenvalue weighted by Gasteiger charge is 2.45. The van der Waals surface area contributed by atoms with E-state index in [2.05, 4.69) is 16.9 Å². The number of aromatic nitrogens is 1. The summed E-state index contributed by atoms with van der Waals surface area (Å²) >= 11 is 0. The molecule has 0 bridgehead atoms. The summed E-state index contributed by atoms with van der Waals surface area (Å²) in [4.78, 5) is 21.7. The summed E-state index contributed by atoms with van der Waals surface area (Å²) in [6, 6.07) is 14.6. The van der Waals surface area contributed by atoms with Gasteiger partial charge in [-0.25, -0.2) is 17.2 Å². The number of carbonyl (C=O) groups is 1. The average Bonchev–Trinajstić information content (AvgIpc) is 2.93. The Morgan fingerprint density at radius 1 is 1.07 bits per heavy atom. The number of halogens is 2. The first-order valence-corrected chi connectivity index (χ1v) is 14.5. The van der Waals surface area contributed by atoms with Crippen molar-refractivity contribution >= 4 is 21.6 Å². The van der Waals surface area contributed by atoms with Crippen molar-refractivity contribution in [2.75, 3.05) is 31.6 Å². The molecule has 2 aliphatic heterocycles. The first-order chi connectivity index (χ1) is 19.2. The third-order valence-electron chi connectivity index (χ3n) is 7.68. The van der Waals surface area contributed by atoms with E-state index in [0.717, 1.165) is 41.9 Å². The summed E-state index contributed by atoms with van der Waals surface area (Å²) in [5.74, 6) is -2.87. The number of piperidine rings is 1. The lowest BCUT2D eigenvalue weighted by Crippen LogP contribution is -2.59. The lowest BCUT2D eigenvalue weighted by atomic mass is 9.90. The van der Waals surface area contributed by atoms with E-state index < -0.39 is 44.1 Å². The van der Waals surface area contributed by atoms with E-state index in [4.69, 9.17) is 5.26 Å². The van der Waals surface area contributed by atoms with Crippen LogP contribution in [0.5, 0.6) is 0 Å². The zero-order chi connectivity index (χ0) is 28.4. The molecule has 2 aliphatic rings. The maximum absolute atomic E-state index is 14.1. The van der Waals surface area contributed by atoms with E-state index in [9.17, 15) is 22.0 Å². The number of pyridine rings is 1. The van der Waals surface area contributed by atoms with Crippen LogP contribution >= 0.6 is 0 Å². The molecule has 3 aromatic rings. The minimum absolute atomic E-state index is 0.0335. The molecule has 2 fully saturated rings. The van der Waals surface area contributed by atoms with E-state index in [-0.39, 0.29) is 19.5 Å². The number of rotatable bonds is 7. The Labute approximate surface area is 232 Å². The summed E-state index contributed by atoms with van der Waals surface area (Å²) in [5, 5.41) is 9.09. The minimum Gasteiger partial charge on any atom is -0.306 e. The summed E-state index contributed by atoms with van der Waals surface area (Å²) < 4.78 is 55.5. The molecule has 208 valence electrons. The molecule has 40 heavy (non-hydrogen) atoms. The van der Waals surface area contributed by atoms with Crippen LogP contribution in [0, 0.1) is 23.0 Å². The van der Waals surface area contributed by atoms with E-state index in [0.29, 0.717) is 23.4 Å². The number of likely N-dealkylation sites (tertiary alicyclic amines) is 1. The highest BCUT2D eigenvalue weighted by atomic mass is 32.2. The quantitative estimate of drug-likeness (QED) is 0.429. The first kappa shape index (κ1) is 27.8. The van der Waals surface area contributed by atoms with Crippen LogP contribution in [0.1, 0.15) is 42.0 Å². The van der Waals surface area contributed by atoms with Crippen LogP contribution < -0.4 is 4.90 Å². The van der Waals surface area contributed by atoms with Gasteiger partial charge >= 0.3 is 0 Å². The highest BCUT2D eigenvalue weighted by molar-refractivity contribution is 7.89. The number of nitrogens with zero attached hydrogens (tertiary/aromatic N) is 5. The Bertz CT molecular complexity index is 1540. The van der Waals surface area contributed by atoms with Crippen LogP contribution in [0.25, 0.3) is 0 Å². The van der Waals surface area contributed by atoms with Crippen molar-refractivity contribution in [1.29, 1.82) is 5.26 Å². The maximum Gasteiger partial charge on any atom is 0.245 e. The van der Waals surface area contributed by atoms with E-state index >= 15 is 0 Å². The van der Waals surface area contributed by atoms with E-state index in [1.54, 1.807) is 24.3 Å². The number of sulfonamides is 1. The number of benzene rings is 2. The van der Waals surface area contributed by atoms with Gasteiger partial charge in [0.15, 0.2) is 11.6 Å². The largest absolute Gasteiger partial charge is 0.306 e. The second-order valence-electron chi connectivity index (χ2n) is 10.2. The fraction of sp³-hybridized carbons (Fsp3) is 0.345. The molecular formula is C29H29F2N5O3S. The molecule has 0 radical (unpaired) electrons. The molecule has 0 unspecified atom stereocenters. The summed E-state index contributed by atoms with van der Waals surface area (Å²) in [6.45, 7) is 2.23. The van der Waals surface area contributed by atoms with Crippen molar-refractivity contribution in [3.8, 4) is 6.07 Å². The molecule has 0 N–H and O–H groups in total. The zero-order valence-corrected chi connectivity index (χ0v) is 22.8. The zero-order valence-electron chi connectivity index (χ0n) is 22.0. The van der Waals surface area contributed by atoms with Gasteiger partial charge in [-0.3, -0.25) is 9.78 Å². The van der Waals surface area contributed by atoms with E-state index in [1.165, 1.54) is 11.0 Å². The number of anilines is 1. The molecule has 1 aromatic heterocycles. The van der Waals surface area contributed by atoms with Gasteiger partial charge in [-0.1, -0.05) is 24.3 Å². The molecule has 1 atom stereocenters. The Hall–Kier alpha value is -3.72. The van der Waals surface area contributed by atoms with Gasteiger partial charge in [-0.15, -0.1) is 0 Å². The second-order valence-corrected chi connectivity index (χ2v) is 12.1. The topological polar surface area (TPSA) is 97.6 Å². The molecule has 3 heterocycles. The van der Waals surface area contributed by atoms with Crippen molar-refractivity contribution in [3.63, 3.8) is 0 Å². The van der Waals surface area contributed by atoms with Gasteiger partial charge in [0.2, 0.25) is 15.9 Å². The normalized spacial score (nSPS) is 18.6. The monoisotopic (exact) mass is 565 g/mol. The van der Waals surface area contributed by atoms with Gasteiger partial charge in [0.05, 0.1) is 22.7 Å². The van der Waals surface area contributed by atoms with Crippen molar-refractivity contribution in [2.24, 2.45) is 0 Å². The third kappa shape index (κ3) is 5.47. The average molecular weight is 566 g/mol. The predicted molar refractivity (Wildman–Crippen MR) is 145 cm³/mol. The van der Waals surface area contributed by atoms with Crippen molar-refractivity contribution in [1.82, 2.24) is 14.2 Å². The predicted octanol–water partition coefficient (Wildman–Crippen LogP) is 4.04. The van der Waals surface area contributed by atoms with Gasteiger partial charge < -0.3 is 9.80 Å². The minimum atomic E-state index is -4.37. The maximum atomic E-state index is 14.1. The van der Waals surface area contributed by atoms with Gasteiger partial charge in [-0.2, -0.15) is 9.57 Å². The number of nitriles is 1. The highest BCUT2D eigenvalue weighted by Crippen LogP contribution is 2.32. The van der Waals surface area contributed by atoms with E-state index in [1.807, 2.05) is 24.4 Å². The number of hydrogen-bond acceptors (Lipinski definition) is 6. The molecule has 1 amide bonds. The molecule has 2 aromatic carbocycles. The molecule has 0 spiro atoms. The van der Waals surface area contributed by atoms with Gasteiger partial charge in [-0.05, 0) is 81.2 Å². The smallest absolute Gasteiger partial charge is 0.245 e. The van der Waals surface area contributed by atoms with Crippen LogP contribution in [0.3, 0.4) is 0 Å². The SMILES string of the molecule is CN1CCC(c2ccc(CN(C(=O)[C@H]3CCN3S(=O)(=O)c3cc(F)c(F)c(C#N)c3)c3ccccc3)nc2)CC1. The fourth-order valence-corrected chi connectivity index (χ4v) is 6.85. The Kier molecular flexibility index (Phi) is 7.94. The third-order valence-corrected chi connectivity index (χ3v) is 9.56. The standard InChI is InChI=1S/C29H29F2N5O3S/c1-34-12-9-20(10-13-34)21-7-8-23(33-18-21)19-35(24-5-3-2-4-6-24)29(37)27-11-14-36(27)40(38,39)25-15-22(17-32)28(31)26(30)16-25/h2-8,15-16,18,20,27H,9-14,19H2,1H3/t27-/m1/s1. The first-order valence-electron chi connectivity index (χ1n) is 13.1. The Morgan fingerprint density at radius 2 is 1.80 bits per heavy atom. The molecule has 2 saturated heterocycles. The fourth-order valence-electron chi connectivity index (χ4n) is 5.19. The Balaban J connectivity index is 1.38. The number of amides is 1. The number of carbonyl (C=O) groups excluding carboxylic acids is 1. The van der Waals surface area contributed by atoms with Crippen LogP contribution in [0.15, 0.2) is 65.7 Å². The van der Waals surface area contributed by atoms with Crippen LogP contribution in [-0.2, 0) is 21.4 Å². The summed E-state index contributed by atoms with van der Waals surface area (Å²) in [7, 11) is -2.26. The molecule has 0 aliphatic carbocycles. The Morgan fingerprint density at radius 3 is 2.40 bits per heavy atom.